The molecule has 1 heterocycles. The van der Waals surface area contributed by atoms with Crippen LogP contribution >= 0.6 is 0 Å². The van der Waals surface area contributed by atoms with Crippen LogP contribution in [0.4, 0.5) is 0 Å². The van der Waals surface area contributed by atoms with Crippen LogP contribution in [0.2, 0.25) is 0 Å². The Morgan fingerprint density at radius 3 is 1.29 bits per heavy atom. The first-order chi connectivity index (χ1) is 37.6. The van der Waals surface area contributed by atoms with E-state index in [1.165, 1.54) is 38.5 Å². The standard InChI is InChI=1S/C65H104O12/c1-4-7-10-13-16-19-22-25-28-29-32-33-36-39-42-45-48-51-57(66)73-54-56(75-58(67)52-49-46-43-40-37-34-30-26-23-20-17-14-11-8-5-2)55-74-65-63(61(70)60(69)62(77-65)64(71)72)76-59(68)53-50-47-44-41-38-35-31-27-24-21-18-15-12-9-6-3/h7,9-10,12,16,18-19,21,25-28,30-33,38,41,56,60-63,65,69-70H,4-6,8,11,13-15,17,20,22-24,29,34-37,39-40,42-55H2,1-3H3,(H,71,72)/b10-7-,12-9-,19-16-,21-18-,28-25-,30-26-,31-27-,33-32-,41-38-. The summed E-state index contributed by atoms with van der Waals surface area (Å²) in [7, 11) is 0. The lowest BCUT2D eigenvalue weighted by molar-refractivity contribution is -0.301. The van der Waals surface area contributed by atoms with Gasteiger partial charge in [-0.05, 0) is 122 Å². The Labute approximate surface area is 465 Å². The van der Waals surface area contributed by atoms with Crippen LogP contribution in [-0.4, -0.2) is 89.2 Å². The molecule has 3 N–H and O–H groups in total. The summed E-state index contributed by atoms with van der Waals surface area (Å²) >= 11 is 0. The molecule has 0 bridgehead atoms. The predicted octanol–water partition coefficient (Wildman–Crippen LogP) is 15.4. The summed E-state index contributed by atoms with van der Waals surface area (Å²) in [6.45, 7) is 5.71. The normalized spacial score (nSPS) is 18.8. The first kappa shape index (κ1) is 70.4. The van der Waals surface area contributed by atoms with Crippen molar-refractivity contribution < 1.29 is 58.2 Å². The lowest BCUT2D eigenvalue weighted by Crippen LogP contribution is -2.61. The summed E-state index contributed by atoms with van der Waals surface area (Å²) < 4.78 is 28.4. The number of aliphatic hydroxyl groups is 2. The molecule has 0 spiro atoms. The minimum absolute atomic E-state index is 0.000247. The van der Waals surface area contributed by atoms with Gasteiger partial charge in [-0.15, -0.1) is 0 Å². The maximum atomic E-state index is 13.2. The zero-order valence-electron chi connectivity index (χ0n) is 47.9. The number of carboxylic acids is 1. The van der Waals surface area contributed by atoms with E-state index in [9.17, 15) is 34.5 Å². The molecule has 0 saturated carbocycles. The molecule has 1 saturated heterocycles. The fraction of sp³-hybridized carbons (Fsp3) is 0.662. The quantitative estimate of drug-likeness (QED) is 0.0228. The van der Waals surface area contributed by atoms with Crippen molar-refractivity contribution in [2.75, 3.05) is 13.2 Å². The number of rotatable bonds is 49. The molecular weight excluding hydrogens is 973 g/mol. The largest absolute Gasteiger partial charge is 0.479 e. The highest BCUT2D eigenvalue weighted by Gasteiger charge is 2.50. The average Bonchev–Trinajstić information content (AvgIpc) is 3.42. The summed E-state index contributed by atoms with van der Waals surface area (Å²) in [5.74, 6) is -3.23. The van der Waals surface area contributed by atoms with Crippen molar-refractivity contribution in [2.45, 2.75) is 263 Å². The zero-order chi connectivity index (χ0) is 56.1. The first-order valence-electron chi connectivity index (χ1n) is 29.9. The van der Waals surface area contributed by atoms with Gasteiger partial charge in [-0.25, -0.2) is 4.79 Å². The van der Waals surface area contributed by atoms with Crippen LogP contribution in [0.25, 0.3) is 0 Å². The maximum absolute atomic E-state index is 13.2. The third-order valence-electron chi connectivity index (χ3n) is 12.8. The Bertz CT molecular complexity index is 1750. The van der Waals surface area contributed by atoms with Crippen molar-refractivity contribution in [2.24, 2.45) is 0 Å². The monoisotopic (exact) mass is 1080 g/mol. The van der Waals surface area contributed by atoms with Crippen LogP contribution in [0.15, 0.2) is 109 Å². The van der Waals surface area contributed by atoms with Gasteiger partial charge in [0.2, 0.25) is 0 Å². The number of aliphatic hydroxyl groups excluding tert-OH is 2. The molecular formula is C65H104O12. The lowest BCUT2D eigenvalue weighted by Gasteiger charge is -2.40. The van der Waals surface area contributed by atoms with Crippen LogP contribution < -0.4 is 0 Å². The molecule has 1 rings (SSSR count). The van der Waals surface area contributed by atoms with E-state index in [-0.39, 0.29) is 25.9 Å². The van der Waals surface area contributed by atoms with Crippen LogP contribution in [0.5, 0.6) is 0 Å². The summed E-state index contributed by atoms with van der Waals surface area (Å²) in [6, 6.07) is 0. The van der Waals surface area contributed by atoms with E-state index in [0.29, 0.717) is 25.7 Å². The lowest BCUT2D eigenvalue weighted by atomic mass is 9.98. The van der Waals surface area contributed by atoms with Crippen LogP contribution in [0, 0.1) is 0 Å². The van der Waals surface area contributed by atoms with Crippen LogP contribution in [0.1, 0.15) is 226 Å². The number of aliphatic carboxylic acids is 1. The summed E-state index contributed by atoms with van der Waals surface area (Å²) in [5, 5.41) is 31.5. The fourth-order valence-corrected chi connectivity index (χ4v) is 8.28. The Kier molecular flexibility index (Phi) is 47.6. The number of carboxylic acid groups (broad SMARTS) is 1. The SMILES string of the molecule is CC/C=C\C/C=C\C/C=C\C/C=C\CCCCCCC(=O)OCC(COC1OC(C(=O)O)C(O)C(O)C1OC(=O)CCCC/C=C\C/C=C\C/C=C\C/C=C\CC)OC(=O)CCCCCCC/C=C\CCCCCCCC. The molecule has 1 fully saturated rings. The Morgan fingerprint density at radius 2 is 0.818 bits per heavy atom. The molecule has 6 unspecified atom stereocenters. The molecule has 436 valence electrons. The van der Waals surface area contributed by atoms with Gasteiger partial charge in [-0.2, -0.15) is 0 Å². The highest BCUT2D eigenvalue weighted by Crippen LogP contribution is 2.26. The first-order valence-corrected chi connectivity index (χ1v) is 29.9. The topological polar surface area (TPSA) is 175 Å². The molecule has 1 aliphatic rings. The smallest absolute Gasteiger partial charge is 0.335 e. The van der Waals surface area contributed by atoms with E-state index in [1.54, 1.807) is 0 Å². The number of unbranched alkanes of at least 4 members (excludes halogenated alkanes) is 17. The van der Waals surface area contributed by atoms with Crippen molar-refractivity contribution in [3.63, 3.8) is 0 Å². The van der Waals surface area contributed by atoms with Crippen molar-refractivity contribution in [1.29, 1.82) is 0 Å². The second kappa shape index (κ2) is 52.1. The van der Waals surface area contributed by atoms with Crippen molar-refractivity contribution >= 4 is 23.9 Å². The number of ether oxygens (including phenoxy) is 5. The number of carbonyl (C=O) groups excluding carboxylic acids is 3. The van der Waals surface area contributed by atoms with E-state index < -0.39 is 67.3 Å². The second-order valence-electron chi connectivity index (χ2n) is 19.9. The molecule has 0 aromatic carbocycles. The van der Waals surface area contributed by atoms with Crippen LogP contribution in [0.3, 0.4) is 0 Å². The molecule has 12 heteroatoms. The Hall–Kier alpha value is -4.62. The highest BCUT2D eigenvalue weighted by molar-refractivity contribution is 5.74. The van der Waals surface area contributed by atoms with Gasteiger partial charge in [0.05, 0.1) is 6.61 Å². The highest BCUT2D eigenvalue weighted by atomic mass is 16.7. The minimum atomic E-state index is -1.93. The number of hydrogen-bond acceptors (Lipinski definition) is 11. The van der Waals surface area contributed by atoms with E-state index in [0.717, 1.165) is 122 Å². The van der Waals surface area contributed by atoms with Gasteiger partial charge in [-0.1, -0.05) is 194 Å². The van der Waals surface area contributed by atoms with E-state index in [1.807, 2.05) is 0 Å². The van der Waals surface area contributed by atoms with Gasteiger partial charge < -0.3 is 39.0 Å². The van der Waals surface area contributed by atoms with Crippen molar-refractivity contribution in [3.05, 3.63) is 109 Å². The second-order valence-corrected chi connectivity index (χ2v) is 19.9. The zero-order valence-corrected chi connectivity index (χ0v) is 47.9. The molecule has 0 aromatic rings. The molecule has 77 heavy (non-hydrogen) atoms. The third-order valence-corrected chi connectivity index (χ3v) is 12.8. The van der Waals surface area contributed by atoms with Gasteiger partial charge in [0.15, 0.2) is 24.6 Å². The Balaban J connectivity index is 2.75. The van der Waals surface area contributed by atoms with Gasteiger partial charge in [0, 0.05) is 19.3 Å². The van der Waals surface area contributed by atoms with E-state index >= 15 is 0 Å². The number of esters is 3. The molecule has 0 amide bonds. The molecule has 12 nitrogen and oxygen atoms in total. The molecule has 0 aromatic heterocycles. The number of carbonyl (C=O) groups is 4. The molecule has 0 aliphatic carbocycles. The minimum Gasteiger partial charge on any atom is -0.479 e. The summed E-state index contributed by atoms with van der Waals surface area (Å²) in [6.07, 6.45) is 57.7. The average molecular weight is 1080 g/mol. The number of allylic oxidation sites excluding steroid dienone is 18. The van der Waals surface area contributed by atoms with Gasteiger partial charge >= 0.3 is 23.9 Å². The Morgan fingerprint density at radius 1 is 0.442 bits per heavy atom. The van der Waals surface area contributed by atoms with Gasteiger partial charge in [-0.3, -0.25) is 14.4 Å². The maximum Gasteiger partial charge on any atom is 0.335 e. The fourth-order valence-electron chi connectivity index (χ4n) is 8.28. The van der Waals surface area contributed by atoms with E-state index in [4.69, 9.17) is 23.7 Å². The van der Waals surface area contributed by atoms with Crippen molar-refractivity contribution in [3.8, 4) is 0 Å². The summed E-state index contributed by atoms with van der Waals surface area (Å²) in [5.41, 5.74) is 0. The third kappa shape index (κ3) is 42.1. The molecule has 0 radical (unpaired) electrons. The van der Waals surface area contributed by atoms with Gasteiger partial charge in [0.25, 0.3) is 0 Å². The van der Waals surface area contributed by atoms with E-state index in [2.05, 4.69) is 130 Å². The summed E-state index contributed by atoms with van der Waals surface area (Å²) in [4.78, 5) is 51.1. The van der Waals surface area contributed by atoms with Crippen LogP contribution in [-0.2, 0) is 42.9 Å². The number of hydrogen-bond donors (Lipinski definition) is 3. The molecule has 6 atom stereocenters. The molecule has 1 aliphatic heterocycles. The predicted molar refractivity (Wildman–Crippen MR) is 312 cm³/mol. The van der Waals surface area contributed by atoms with Gasteiger partial charge in [0.1, 0.15) is 18.8 Å². The van der Waals surface area contributed by atoms with Crippen molar-refractivity contribution in [1.82, 2.24) is 0 Å².